The van der Waals surface area contributed by atoms with Gasteiger partial charge in [0, 0.05) is 49.1 Å². The molecule has 0 bridgehead atoms. The number of para-hydroxylation sites is 3. The molecule has 4 heterocycles. The van der Waals surface area contributed by atoms with Crippen molar-refractivity contribution < 1.29 is 4.42 Å². The third-order valence-electron chi connectivity index (χ3n) is 14.1. The molecule has 0 saturated heterocycles. The van der Waals surface area contributed by atoms with Crippen LogP contribution in [0.3, 0.4) is 0 Å². The number of hydrogen-bond donors (Lipinski definition) is 0. The van der Waals surface area contributed by atoms with Crippen LogP contribution in [0, 0.1) is 0 Å². The average Bonchev–Trinajstić information content (AvgIpc) is 4.08. The fourth-order valence-corrected chi connectivity index (χ4v) is 11.1. The molecule has 15 rings (SSSR count). The summed E-state index contributed by atoms with van der Waals surface area (Å²) in [6, 6.07) is 79.9. The molecule has 0 aliphatic heterocycles. The van der Waals surface area contributed by atoms with Gasteiger partial charge < -0.3 is 8.98 Å². The molecule has 6 nitrogen and oxygen atoms in total. The van der Waals surface area contributed by atoms with Crippen LogP contribution in [-0.4, -0.2) is 24.1 Å². The standard InChI is InChI=1S/C63H37N5O/c1-2-16-38(17-3-1)61-64-62(50-27-15-31-59-60(50)49-26-10-13-30-58(49)69-59)66-63(65-61)68-55-29-12-9-25-48(55)53-36-52-47-24-8-11-28-54(47)67(56(52)37-57(53)68)41-19-14-18-39(34-41)40-32-33-46-44-22-5-4-20-42(44)43-21-6-7-23-45(43)51(46)35-40/h1-37H. The van der Waals surface area contributed by atoms with E-state index in [1.54, 1.807) is 0 Å². The molecule has 0 spiro atoms. The maximum Gasteiger partial charge on any atom is 0.238 e. The van der Waals surface area contributed by atoms with Gasteiger partial charge in [0.2, 0.25) is 5.95 Å². The predicted molar refractivity (Wildman–Crippen MR) is 285 cm³/mol. The Bertz CT molecular complexity index is 4580. The highest BCUT2D eigenvalue weighted by Crippen LogP contribution is 2.42. The predicted octanol–water partition coefficient (Wildman–Crippen LogP) is 16.4. The van der Waals surface area contributed by atoms with Gasteiger partial charge in [-0.1, -0.05) is 170 Å². The van der Waals surface area contributed by atoms with Crippen LogP contribution in [0.1, 0.15) is 0 Å². The highest BCUT2D eigenvalue weighted by atomic mass is 16.3. The summed E-state index contributed by atoms with van der Waals surface area (Å²) in [5.41, 5.74) is 11.0. The molecule has 0 fully saturated rings. The highest BCUT2D eigenvalue weighted by Gasteiger charge is 2.23. The molecular formula is C63H37N5O. The monoisotopic (exact) mass is 879 g/mol. The molecular weight excluding hydrogens is 843 g/mol. The Labute approximate surface area is 394 Å². The van der Waals surface area contributed by atoms with Crippen molar-refractivity contribution in [3.05, 3.63) is 224 Å². The number of fused-ring (bicyclic) bond motifs is 15. The molecule has 6 heteroatoms. The van der Waals surface area contributed by atoms with Crippen LogP contribution < -0.4 is 0 Å². The third-order valence-corrected chi connectivity index (χ3v) is 14.1. The Balaban J connectivity index is 0.970. The van der Waals surface area contributed by atoms with Crippen LogP contribution >= 0.6 is 0 Å². The van der Waals surface area contributed by atoms with Crippen molar-refractivity contribution in [2.45, 2.75) is 0 Å². The summed E-state index contributed by atoms with van der Waals surface area (Å²) < 4.78 is 11.0. The third kappa shape index (κ3) is 5.63. The van der Waals surface area contributed by atoms with Gasteiger partial charge in [0.1, 0.15) is 11.2 Å². The lowest BCUT2D eigenvalue weighted by Crippen LogP contribution is -2.06. The fourth-order valence-electron chi connectivity index (χ4n) is 11.1. The zero-order valence-electron chi connectivity index (χ0n) is 37.0. The van der Waals surface area contributed by atoms with Gasteiger partial charge in [-0.2, -0.15) is 9.97 Å². The zero-order chi connectivity index (χ0) is 45.2. The minimum atomic E-state index is 0.537. The molecule has 0 radical (unpaired) electrons. The van der Waals surface area contributed by atoms with Gasteiger partial charge >= 0.3 is 0 Å². The Kier molecular flexibility index (Phi) is 7.97. The fraction of sp³-hybridized carbons (Fsp3) is 0. The second-order valence-corrected chi connectivity index (χ2v) is 17.9. The number of nitrogens with zero attached hydrogens (tertiary/aromatic N) is 5. The topological polar surface area (TPSA) is 61.7 Å². The second-order valence-electron chi connectivity index (χ2n) is 17.9. The lowest BCUT2D eigenvalue weighted by Gasteiger charge is -2.14. The summed E-state index contributed by atoms with van der Waals surface area (Å²) in [4.78, 5) is 15.9. The van der Waals surface area contributed by atoms with E-state index in [1.165, 1.54) is 48.7 Å². The molecule has 11 aromatic carbocycles. The van der Waals surface area contributed by atoms with Crippen LogP contribution in [-0.2, 0) is 0 Å². The van der Waals surface area contributed by atoms with Crippen molar-refractivity contribution in [2.75, 3.05) is 0 Å². The lowest BCUT2D eigenvalue weighted by molar-refractivity contribution is 0.669. The molecule has 0 aliphatic carbocycles. The van der Waals surface area contributed by atoms with Crippen molar-refractivity contribution >= 4 is 97.9 Å². The van der Waals surface area contributed by atoms with Gasteiger partial charge in [0.15, 0.2) is 11.6 Å². The van der Waals surface area contributed by atoms with Gasteiger partial charge in [-0.05, 0) is 98.0 Å². The van der Waals surface area contributed by atoms with Crippen LogP contribution in [0.15, 0.2) is 229 Å². The Hall–Kier alpha value is -9.39. The maximum absolute atomic E-state index is 6.36. The molecule has 0 N–H and O–H groups in total. The van der Waals surface area contributed by atoms with Crippen LogP contribution in [0.2, 0.25) is 0 Å². The average molecular weight is 880 g/mol. The summed E-state index contributed by atoms with van der Waals surface area (Å²) in [6.45, 7) is 0. The molecule has 4 aromatic heterocycles. The summed E-state index contributed by atoms with van der Waals surface area (Å²) in [6.07, 6.45) is 0. The quantitative estimate of drug-likeness (QED) is 0.162. The molecule has 0 saturated carbocycles. The first-order chi connectivity index (χ1) is 34.2. The van der Waals surface area contributed by atoms with Crippen LogP contribution in [0.25, 0.3) is 143 Å². The number of benzene rings is 11. The van der Waals surface area contributed by atoms with Crippen molar-refractivity contribution in [1.82, 2.24) is 24.1 Å². The number of hydrogen-bond acceptors (Lipinski definition) is 4. The second kappa shape index (κ2) is 14.6. The number of aromatic nitrogens is 5. The number of rotatable bonds is 5. The largest absolute Gasteiger partial charge is 0.456 e. The Morgan fingerprint density at radius 2 is 0.826 bits per heavy atom. The smallest absolute Gasteiger partial charge is 0.238 e. The van der Waals surface area contributed by atoms with E-state index in [0.717, 1.165) is 77.2 Å². The van der Waals surface area contributed by atoms with Crippen molar-refractivity contribution in [2.24, 2.45) is 0 Å². The minimum Gasteiger partial charge on any atom is -0.456 e. The van der Waals surface area contributed by atoms with Gasteiger partial charge in [0.25, 0.3) is 0 Å². The van der Waals surface area contributed by atoms with E-state index in [4.69, 9.17) is 19.4 Å². The van der Waals surface area contributed by atoms with Crippen molar-refractivity contribution in [3.8, 4) is 45.5 Å². The van der Waals surface area contributed by atoms with Gasteiger partial charge in [-0.15, -0.1) is 0 Å². The van der Waals surface area contributed by atoms with Gasteiger partial charge in [-0.25, -0.2) is 4.98 Å². The molecule has 15 aromatic rings. The first-order valence-corrected chi connectivity index (χ1v) is 23.3. The summed E-state index contributed by atoms with van der Waals surface area (Å²) >= 11 is 0. The first-order valence-electron chi connectivity index (χ1n) is 23.3. The Morgan fingerprint density at radius 1 is 0.290 bits per heavy atom. The summed E-state index contributed by atoms with van der Waals surface area (Å²) in [5.74, 6) is 1.70. The van der Waals surface area contributed by atoms with Crippen LogP contribution in [0.5, 0.6) is 0 Å². The van der Waals surface area contributed by atoms with Crippen LogP contribution in [0.4, 0.5) is 0 Å². The summed E-state index contributed by atoms with van der Waals surface area (Å²) in [7, 11) is 0. The molecule has 0 unspecified atom stereocenters. The zero-order valence-corrected chi connectivity index (χ0v) is 37.0. The van der Waals surface area contributed by atoms with E-state index in [-0.39, 0.29) is 0 Å². The molecule has 320 valence electrons. The first kappa shape index (κ1) is 37.8. The maximum atomic E-state index is 6.36. The Morgan fingerprint density at radius 3 is 1.57 bits per heavy atom. The number of furan rings is 1. The normalized spacial score (nSPS) is 12.1. The van der Waals surface area contributed by atoms with E-state index in [0.29, 0.717) is 17.6 Å². The van der Waals surface area contributed by atoms with Gasteiger partial charge in [-0.3, -0.25) is 4.57 Å². The minimum absolute atomic E-state index is 0.537. The molecule has 0 amide bonds. The lowest BCUT2D eigenvalue weighted by atomic mass is 9.92. The van der Waals surface area contributed by atoms with E-state index < -0.39 is 0 Å². The van der Waals surface area contributed by atoms with E-state index >= 15 is 0 Å². The van der Waals surface area contributed by atoms with Crippen molar-refractivity contribution in [1.29, 1.82) is 0 Å². The van der Waals surface area contributed by atoms with E-state index in [9.17, 15) is 0 Å². The van der Waals surface area contributed by atoms with E-state index in [2.05, 4.69) is 185 Å². The van der Waals surface area contributed by atoms with Gasteiger partial charge in [0.05, 0.1) is 22.1 Å². The van der Waals surface area contributed by atoms with E-state index in [1.807, 2.05) is 48.5 Å². The highest BCUT2D eigenvalue weighted by molar-refractivity contribution is 6.26. The molecule has 0 aliphatic rings. The molecule has 69 heavy (non-hydrogen) atoms. The van der Waals surface area contributed by atoms with Crippen molar-refractivity contribution in [3.63, 3.8) is 0 Å². The SMILES string of the molecule is c1ccc(-c2nc(-c3cccc4oc5ccccc5c34)nc(-n3c4ccccc4c4cc5c6ccccc6n(-c6cccc(-c7ccc8c9ccccc9c9ccccc9c8c7)c6)c5cc43)n2)cc1. The molecule has 0 atom stereocenters. The summed E-state index contributed by atoms with van der Waals surface area (Å²) in [5, 5.41) is 14.2.